The Kier molecular flexibility index (Phi) is 5.73. The van der Waals surface area contributed by atoms with Crippen LogP contribution in [0.5, 0.6) is 0 Å². The molecule has 3 nitrogen and oxygen atoms in total. The van der Waals surface area contributed by atoms with Crippen LogP contribution in [0.25, 0.3) is 0 Å². The van der Waals surface area contributed by atoms with Crippen molar-refractivity contribution in [3.63, 3.8) is 0 Å². The van der Waals surface area contributed by atoms with Crippen molar-refractivity contribution in [3.05, 3.63) is 0 Å². The van der Waals surface area contributed by atoms with Crippen LogP contribution in [0.1, 0.15) is 27.2 Å². The molecule has 0 aromatic carbocycles. The summed E-state index contributed by atoms with van der Waals surface area (Å²) in [4.78, 5) is 5.06. The van der Waals surface area contributed by atoms with Gasteiger partial charge in [0.15, 0.2) is 0 Å². The molecular formula is C13H29N3. The molecule has 0 amide bonds. The van der Waals surface area contributed by atoms with E-state index in [0.717, 1.165) is 5.92 Å². The van der Waals surface area contributed by atoms with Crippen LogP contribution in [0.15, 0.2) is 0 Å². The third-order valence-corrected chi connectivity index (χ3v) is 4.20. The fourth-order valence-electron chi connectivity index (χ4n) is 2.41. The SMILES string of the molecule is CCC(C)C(CN1CCN(C)C(C)C1)NC. The summed E-state index contributed by atoms with van der Waals surface area (Å²) >= 11 is 0. The van der Waals surface area contributed by atoms with Gasteiger partial charge in [0.25, 0.3) is 0 Å². The molecule has 1 rings (SSSR count). The van der Waals surface area contributed by atoms with Crippen molar-refractivity contribution in [1.82, 2.24) is 15.1 Å². The number of likely N-dealkylation sites (N-methyl/N-ethyl adjacent to an activating group) is 2. The normalized spacial score (nSPS) is 27.9. The molecule has 0 spiro atoms. The molecule has 1 N–H and O–H groups in total. The first-order valence-electron chi connectivity index (χ1n) is 6.68. The summed E-state index contributed by atoms with van der Waals surface area (Å²) in [6, 6.07) is 1.34. The first-order valence-corrected chi connectivity index (χ1v) is 6.68. The molecule has 3 heteroatoms. The Morgan fingerprint density at radius 3 is 2.56 bits per heavy atom. The van der Waals surface area contributed by atoms with E-state index in [4.69, 9.17) is 0 Å². The molecule has 1 saturated heterocycles. The number of hydrogen-bond acceptors (Lipinski definition) is 3. The predicted molar refractivity (Wildman–Crippen MR) is 70.8 cm³/mol. The number of nitrogens with zero attached hydrogens (tertiary/aromatic N) is 2. The summed E-state index contributed by atoms with van der Waals surface area (Å²) in [5.41, 5.74) is 0. The summed E-state index contributed by atoms with van der Waals surface area (Å²) < 4.78 is 0. The highest BCUT2D eigenvalue weighted by molar-refractivity contribution is 4.81. The van der Waals surface area contributed by atoms with Gasteiger partial charge in [0.05, 0.1) is 0 Å². The fourth-order valence-corrected chi connectivity index (χ4v) is 2.41. The average molecular weight is 227 g/mol. The maximum atomic E-state index is 3.47. The van der Waals surface area contributed by atoms with Crippen LogP contribution in [0.4, 0.5) is 0 Å². The van der Waals surface area contributed by atoms with Crippen LogP contribution in [0, 0.1) is 5.92 Å². The van der Waals surface area contributed by atoms with E-state index in [1.54, 1.807) is 0 Å². The van der Waals surface area contributed by atoms with Crippen LogP contribution in [0.2, 0.25) is 0 Å². The molecule has 0 aliphatic carbocycles. The Labute approximate surface area is 101 Å². The van der Waals surface area contributed by atoms with E-state index in [2.05, 4.69) is 50.0 Å². The topological polar surface area (TPSA) is 18.5 Å². The fraction of sp³-hybridized carbons (Fsp3) is 1.00. The average Bonchev–Trinajstić information content (AvgIpc) is 2.29. The van der Waals surface area contributed by atoms with Crippen molar-refractivity contribution in [3.8, 4) is 0 Å². The van der Waals surface area contributed by atoms with Gasteiger partial charge in [0.2, 0.25) is 0 Å². The van der Waals surface area contributed by atoms with E-state index in [1.807, 2.05) is 0 Å². The molecule has 0 bridgehead atoms. The Morgan fingerprint density at radius 2 is 2.06 bits per heavy atom. The van der Waals surface area contributed by atoms with Gasteiger partial charge in [-0.15, -0.1) is 0 Å². The number of piperazine rings is 1. The van der Waals surface area contributed by atoms with Gasteiger partial charge in [-0.05, 0) is 26.9 Å². The van der Waals surface area contributed by atoms with Gasteiger partial charge >= 0.3 is 0 Å². The van der Waals surface area contributed by atoms with E-state index in [1.165, 1.54) is 32.6 Å². The lowest BCUT2D eigenvalue weighted by atomic mass is 9.98. The Morgan fingerprint density at radius 1 is 1.38 bits per heavy atom. The summed E-state index contributed by atoms with van der Waals surface area (Å²) in [6.07, 6.45) is 1.26. The van der Waals surface area contributed by atoms with E-state index in [-0.39, 0.29) is 0 Å². The van der Waals surface area contributed by atoms with Gasteiger partial charge in [-0.25, -0.2) is 0 Å². The largest absolute Gasteiger partial charge is 0.315 e. The molecule has 1 fully saturated rings. The maximum absolute atomic E-state index is 3.47. The summed E-state index contributed by atoms with van der Waals surface area (Å²) in [5.74, 6) is 0.764. The molecular weight excluding hydrogens is 198 g/mol. The van der Waals surface area contributed by atoms with Gasteiger partial charge in [-0.2, -0.15) is 0 Å². The van der Waals surface area contributed by atoms with Crippen molar-refractivity contribution in [2.75, 3.05) is 40.3 Å². The van der Waals surface area contributed by atoms with E-state index in [0.29, 0.717) is 12.1 Å². The van der Waals surface area contributed by atoms with Crippen LogP contribution < -0.4 is 5.32 Å². The Bertz CT molecular complexity index is 196. The van der Waals surface area contributed by atoms with Crippen LogP contribution in [-0.4, -0.2) is 62.2 Å². The smallest absolute Gasteiger partial charge is 0.0217 e. The van der Waals surface area contributed by atoms with Crippen molar-refractivity contribution in [1.29, 1.82) is 0 Å². The minimum Gasteiger partial charge on any atom is -0.315 e. The molecule has 1 aliphatic rings. The van der Waals surface area contributed by atoms with Gasteiger partial charge in [-0.1, -0.05) is 20.3 Å². The van der Waals surface area contributed by atoms with Crippen molar-refractivity contribution in [2.45, 2.75) is 39.3 Å². The Hall–Kier alpha value is -0.120. The molecule has 1 heterocycles. The zero-order valence-electron chi connectivity index (χ0n) is 11.7. The molecule has 96 valence electrons. The van der Waals surface area contributed by atoms with Gasteiger partial charge < -0.3 is 10.2 Å². The third-order valence-electron chi connectivity index (χ3n) is 4.20. The van der Waals surface area contributed by atoms with Crippen molar-refractivity contribution >= 4 is 0 Å². The summed E-state index contributed by atoms with van der Waals surface area (Å²) in [5, 5.41) is 3.47. The molecule has 1 aliphatic heterocycles. The lowest BCUT2D eigenvalue weighted by Gasteiger charge is -2.40. The third kappa shape index (κ3) is 3.72. The van der Waals surface area contributed by atoms with Crippen molar-refractivity contribution in [2.24, 2.45) is 5.92 Å². The highest BCUT2D eigenvalue weighted by Gasteiger charge is 2.24. The molecule has 3 unspecified atom stereocenters. The number of hydrogen-bond donors (Lipinski definition) is 1. The zero-order valence-corrected chi connectivity index (χ0v) is 11.7. The number of nitrogens with one attached hydrogen (secondary N) is 1. The quantitative estimate of drug-likeness (QED) is 0.763. The minimum absolute atomic E-state index is 0.639. The van der Waals surface area contributed by atoms with E-state index < -0.39 is 0 Å². The molecule has 3 atom stereocenters. The lowest BCUT2D eigenvalue weighted by Crippen LogP contribution is -2.54. The molecule has 0 aromatic heterocycles. The van der Waals surface area contributed by atoms with Crippen LogP contribution in [-0.2, 0) is 0 Å². The second kappa shape index (κ2) is 6.58. The lowest BCUT2D eigenvalue weighted by molar-refractivity contribution is 0.0914. The molecule has 0 radical (unpaired) electrons. The first-order chi connectivity index (χ1) is 7.58. The van der Waals surface area contributed by atoms with E-state index in [9.17, 15) is 0 Å². The predicted octanol–water partition coefficient (Wildman–Crippen LogP) is 1.26. The van der Waals surface area contributed by atoms with Gasteiger partial charge in [0.1, 0.15) is 0 Å². The van der Waals surface area contributed by atoms with Crippen LogP contribution in [0.3, 0.4) is 0 Å². The molecule has 0 saturated carbocycles. The van der Waals surface area contributed by atoms with Gasteiger partial charge in [-0.3, -0.25) is 4.90 Å². The minimum atomic E-state index is 0.639. The maximum Gasteiger partial charge on any atom is 0.0217 e. The highest BCUT2D eigenvalue weighted by Crippen LogP contribution is 2.12. The molecule has 0 aromatic rings. The van der Waals surface area contributed by atoms with Gasteiger partial charge in [0, 0.05) is 38.3 Å². The number of rotatable bonds is 5. The van der Waals surface area contributed by atoms with E-state index >= 15 is 0 Å². The monoisotopic (exact) mass is 227 g/mol. The van der Waals surface area contributed by atoms with Crippen molar-refractivity contribution < 1.29 is 0 Å². The highest BCUT2D eigenvalue weighted by atomic mass is 15.3. The molecule has 16 heavy (non-hydrogen) atoms. The second-order valence-electron chi connectivity index (χ2n) is 5.37. The summed E-state index contributed by atoms with van der Waals surface area (Å²) in [7, 11) is 4.32. The Balaban J connectivity index is 2.40. The first kappa shape index (κ1) is 13.9. The summed E-state index contributed by atoms with van der Waals surface area (Å²) in [6.45, 7) is 11.8. The van der Waals surface area contributed by atoms with Crippen LogP contribution >= 0.6 is 0 Å². The standard InChI is InChI=1S/C13H29N3/c1-6-11(2)13(14-4)10-16-8-7-15(5)12(3)9-16/h11-14H,6-10H2,1-5H3. The zero-order chi connectivity index (χ0) is 12.1. The second-order valence-corrected chi connectivity index (χ2v) is 5.37.